The number of benzene rings is 1. The summed E-state index contributed by atoms with van der Waals surface area (Å²) in [5.41, 5.74) is 1.83. The molecule has 0 saturated carbocycles. The Labute approximate surface area is 127 Å². The second kappa shape index (κ2) is 5.69. The Bertz CT molecular complexity index is 775. The molecule has 108 valence electrons. The highest BCUT2D eigenvalue weighted by molar-refractivity contribution is 7.19. The Morgan fingerprint density at radius 3 is 3.00 bits per heavy atom. The number of carbonyl (C=O) groups excluding carboxylic acids is 1. The van der Waals surface area contributed by atoms with Crippen LogP contribution in [-0.2, 0) is 11.3 Å². The Kier molecular flexibility index (Phi) is 3.75. The molecule has 4 nitrogen and oxygen atoms in total. The highest BCUT2D eigenvalue weighted by Crippen LogP contribution is 2.32. The van der Waals surface area contributed by atoms with Gasteiger partial charge in [-0.15, -0.1) is 11.3 Å². The first-order valence-corrected chi connectivity index (χ1v) is 7.65. The van der Waals surface area contributed by atoms with E-state index in [0.717, 1.165) is 11.9 Å². The van der Waals surface area contributed by atoms with Gasteiger partial charge >= 0.3 is 5.97 Å². The summed E-state index contributed by atoms with van der Waals surface area (Å²) in [5.74, 6) is -0.263. The fourth-order valence-electron chi connectivity index (χ4n) is 2.31. The summed E-state index contributed by atoms with van der Waals surface area (Å²) >= 11 is 1.76. The van der Waals surface area contributed by atoms with E-state index in [4.69, 9.17) is 4.74 Å². The van der Waals surface area contributed by atoms with Crippen molar-refractivity contribution in [2.75, 3.05) is 6.61 Å². The summed E-state index contributed by atoms with van der Waals surface area (Å²) in [4.78, 5) is 17.2. The van der Waals surface area contributed by atoms with Gasteiger partial charge in [-0.05, 0) is 43.0 Å². The quantitative estimate of drug-likeness (QED) is 0.691. The lowest BCUT2D eigenvalue weighted by Gasteiger charge is -2.02. The molecule has 2 heterocycles. The number of carbonyl (C=O) groups is 1. The predicted molar refractivity (Wildman–Crippen MR) is 83.8 cm³/mol. The van der Waals surface area contributed by atoms with Crippen LogP contribution in [0.1, 0.15) is 27.7 Å². The van der Waals surface area contributed by atoms with Gasteiger partial charge in [0.25, 0.3) is 0 Å². The molecule has 0 spiro atoms. The lowest BCUT2D eigenvalue weighted by molar-refractivity contribution is 0.0526. The van der Waals surface area contributed by atoms with Crippen LogP contribution < -0.4 is 0 Å². The predicted octanol–water partition coefficient (Wildman–Crippen LogP) is 3.63. The zero-order valence-corrected chi connectivity index (χ0v) is 12.8. The maximum Gasteiger partial charge on any atom is 0.338 e. The summed E-state index contributed by atoms with van der Waals surface area (Å²) in [6.45, 7) is 5.11. The molecular formula is C16H16N2O2S. The smallest absolute Gasteiger partial charge is 0.338 e. The normalized spacial score (nSPS) is 11.0. The van der Waals surface area contributed by atoms with E-state index in [1.165, 1.54) is 15.1 Å². The third-order valence-corrected chi connectivity index (χ3v) is 4.69. The van der Waals surface area contributed by atoms with Crippen molar-refractivity contribution in [2.45, 2.75) is 20.4 Å². The molecule has 0 unspecified atom stereocenters. The van der Waals surface area contributed by atoms with Crippen LogP contribution in [0.2, 0.25) is 0 Å². The van der Waals surface area contributed by atoms with Crippen LogP contribution in [0.15, 0.2) is 36.9 Å². The van der Waals surface area contributed by atoms with Crippen molar-refractivity contribution in [3.05, 3.63) is 52.9 Å². The van der Waals surface area contributed by atoms with Crippen LogP contribution in [0.4, 0.5) is 0 Å². The van der Waals surface area contributed by atoms with Crippen molar-refractivity contribution in [3.8, 4) is 0 Å². The average molecular weight is 300 g/mol. The van der Waals surface area contributed by atoms with Gasteiger partial charge in [-0.1, -0.05) is 0 Å². The van der Waals surface area contributed by atoms with Crippen LogP contribution in [-0.4, -0.2) is 22.1 Å². The molecule has 0 amide bonds. The second-order valence-electron chi connectivity index (χ2n) is 4.82. The van der Waals surface area contributed by atoms with E-state index in [0.29, 0.717) is 12.2 Å². The number of thiophene rings is 1. The molecule has 0 aliphatic carbocycles. The first-order chi connectivity index (χ1) is 10.2. The molecule has 1 aromatic carbocycles. The first kappa shape index (κ1) is 13.8. The van der Waals surface area contributed by atoms with Gasteiger partial charge in [0.05, 0.1) is 25.0 Å². The van der Waals surface area contributed by atoms with Gasteiger partial charge in [0.1, 0.15) is 0 Å². The number of imidazole rings is 1. The number of nitrogens with zero attached hydrogens (tertiary/aromatic N) is 2. The number of ether oxygens (including phenoxy) is 1. The molecule has 5 heteroatoms. The summed E-state index contributed by atoms with van der Waals surface area (Å²) in [6.07, 6.45) is 5.54. The third-order valence-electron chi connectivity index (χ3n) is 3.43. The second-order valence-corrected chi connectivity index (χ2v) is 5.95. The van der Waals surface area contributed by atoms with Crippen molar-refractivity contribution in [1.82, 2.24) is 9.55 Å². The Morgan fingerprint density at radius 2 is 2.29 bits per heavy atom. The molecule has 2 aromatic heterocycles. The third kappa shape index (κ3) is 2.69. The van der Waals surface area contributed by atoms with Gasteiger partial charge in [-0.2, -0.15) is 0 Å². The summed E-state index contributed by atoms with van der Waals surface area (Å²) < 4.78 is 8.30. The minimum absolute atomic E-state index is 0.263. The van der Waals surface area contributed by atoms with Crippen molar-refractivity contribution in [1.29, 1.82) is 0 Å². The number of hydrogen-bond acceptors (Lipinski definition) is 4. The van der Waals surface area contributed by atoms with Crippen LogP contribution >= 0.6 is 11.3 Å². The summed E-state index contributed by atoms with van der Waals surface area (Å²) in [7, 11) is 0. The van der Waals surface area contributed by atoms with Gasteiger partial charge < -0.3 is 9.30 Å². The number of aryl methyl sites for hydroxylation is 1. The van der Waals surface area contributed by atoms with Gasteiger partial charge in [0.15, 0.2) is 0 Å². The van der Waals surface area contributed by atoms with E-state index >= 15 is 0 Å². The molecule has 0 fully saturated rings. The fraction of sp³-hybridized carbons (Fsp3) is 0.250. The summed E-state index contributed by atoms with van der Waals surface area (Å²) in [5, 5.41) is 1.13. The number of hydrogen-bond donors (Lipinski definition) is 0. The lowest BCUT2D eigenvalue weighted by Crippen LogP contribution is -2.04. The maximum atomic E-state index is 11.8. The Balaban J connectivity index is 1.98. The first-order valence-electron chi connectivity index (χ1n) is 6.84. The molecular weight excluding hydrogens is 284 g/mol. The zero-order chi connectivity index (χ0) is 14.8. The van der Waals surface area contributed by atoms with Crippen LogP contribution in [0.5, 0.6) is 0 Å². The number of fused-ring (bicyclic) bond motifs is 1. The van der Waals surface area contributed by atoms with Crippen LogP contribution in [0, 0.1) is 6.92 Å². The van der Waals surface area contributed by atoms with Gasteiger partial charge in [0, 0.05) is 22.0 Å². The topological polar surface area (TPSA) is 44.1 Å². The van der Waals surface area contributed by atoms with E-state index in [1.54, 1.807) is 17.5 Å². The van der Waals surface area contributed by atoms with Crippen molar-refractivity contribution in [2.24, 2.45) is 0 Å². The van der Waals surface area contributed by atoms with E-state index in [-0.39, 0.29) is 5.97 Å². The minimum Gasteiger partial charge on any atom is -0.462 e. The van der Waals surface area contributed by atoms with E-state index < -0.39 is 0 Å². The van der Waals surface area contributed by atoms with Crippen molar-refractivity contribution in [3.63, 3.8) is 0 Å². The Hall–Kier alpha value is -2.14. The SMILES string of the molecule is CCOC(=O)c1ccc2sc(Cn3ccnc3)c(C)c2c1. The highest BCUT2D eigenvalue weighted by atomic mass is 32.1. The van der Waals surface area contributed by atoms with Crippen LogP contribution in [0.3, 0.4) is 0 Å². The maximum absolute atomic E-state index is 11.8. The molecule has 0 bridgehead atoms. The summed E-state index contributed by atoms with van der Waals surface area (Å²) in [6, 6.07) is 5.75. The van der Waals surface area contributed by atoms with Gasteiger partial charge in [0.2, 0.25) is 0 Å². The lowest BCUT2D eigenvalue weighted by atomic mass is 10.1. The van der Waals surface area contributed by atoms with Crippen molar-refractivity contribution >= 4 is 27.4 Å². The van der Waals surface area contributed by atoms with Crippen molar-refractivity contribution < 1.29 is 9.53 Å². The molecule has 0 saturated heterocycles. The van der Waals surface area contributed by atoms with Crippen LogP contribution in [0.25, 0.3) is 10.1 Å². The largest absolute Gasteiger partial charge is 0.462 e. The van der Waals surface area contributed by atoms with E-state index in [9.17, 15) is 4.79 Å². The molecule has 0 radical (unpaired) electrons. The number of esters is 1. The van der Waals surface area contributed by atoms with Gasteiger partial charge in [-0.3, -0.25) is 0 Å². The molecule has 3 aromatic rings. The average Bonchev–Trinajstić information content (AvgIpc) is 3.09. The highest BCUT2D eigenvalue weighted by Gasteiger charge is 2.12. The molecule has 0 aliphatic heterocycles. The molecule has 0 N–H and O–H groups in total. The Morgan fingerprint density at radius 1 is 1.43 bits per heavy atom. The minimum atomic E-state index is -0.263. The molecule has 3 rings (SSSR count). The molecule has 0 atom stereocenters. The van der Waals surface area contributed by atoms with E-state index in [1.807, 2.05) is 42.2 Å². The number of aromatic nitrogens is 2. The standard InChI is InChI=1S/C16H16N2O2S/c1-3-20-16(19)12-4-5-14-13(8-12)11(2)15(21-14)9-18-7-6-17-10-18/h4-8,10H,3,9H2,1-2H3. The molecule has 0 aliphatic rings. The zero-order valence-electron chi connectivity index (χ0n) is 12.0. The number of rotatable bonds is 4. The fourth-order valence-corrected chi connectivity index (χ4v) is 3.51. The monoisotopic (exact) mass is 300 g/mol. The van der Waals surface area contributed by atoms with E-state index in [2.05, 4.69) is 11.9 Å². The van der Waals surface area contributed by atoms with Gasteiger partial charge in [-0.25, -0.2) is 9.78 Å². The molecule has 21 heavy (non-hydrogen) atoms.